The van der Waals surface area contributed by atoms with Crippen molar-refractivity contribution in [1.82, 2.24) is 9.38 Å². The maximum atomic E-state index is 11.0. The standard InChI is InChI=1S/C12H12N2O2/c15-12(16)9-5-2-6-14-7-10(13-11(9)14)8-3-1-4-8/h2,5-8H,1,3-4H2,(H,15,16). The number of hydrogen-bond acceptors (Lipinski definition) is 2. The van der Waals surface area contributed by atoms with Crippen molar-refractivity contribution < 1.29 is 9.90 Å². The first-order chi connectivity index (χ1) is 7.75. The van der Waals surface area contributed by atoms with E-state index in [4.69, 9.17) is 5.11 Å². The van der Waals surface area contributed by atoms with Gasteiger partial charge in [0.05, 0.1) is 5.69 Å². The van der Waals surface area contributed by atoms with Crippen molar-refractivity contribution in [2.24, 2.45) is 0 Å². The molecule has 1 aliphatic carbocycles. The van der Waals surface area contributed by atoms with E-state index in [-0.39, 0.29) is 5.56 Å². The lowest BCUT2D eigenvalue weighted by Crippen LogP contribution is -2.08. The van der Waals surface area contributed by atoms with Crippen LogP contribution in [0.3, 0.4) is 0 Å². The first kappa shape index (κ1) is 9.39. The second kappa shape index (κ2) is 3.33. The van der Waals surface area contributed by atoms with E-state index in [1.807, 2.05) is 12.4 Å². The SMILES string of the molecule is O=C(O)c1cccn2cc(C3CCC3)nc12. The van der Waals surface area contributed by atoms with Crippen LogP contribution in [0.2, 0.25) is 0 Å². The highest BCUT2D eigenvalue weighted by Gasteiger charge is 2.23. The van der Waals surface area contributed by atoms with Crippen molar-refractivity contribution in [2.75, 3.05) is 0 Å². The number of aromatic nitrogens is 2. The summed E-state index contributed by atoms with van der Waals surface area (Å²) in [5.74, 6) is -0.391. The van der Waals surface area contributed by atoms with Crippen LogP contribution in [0.25, 0.3) is 5.65 Å². The molecule has 0 amide bonds. The molecule has 1 N–H and O–H groups in total. The molecule has 1 aliphatic rings. The fraction of sp³-hybridized carbons (Fsp3) is 0.333. The number of carboxylic acid groups (broad SMARTS) is 1. The third-order valence-corrected chi connectivity index (χ3v) is 3.26. The maximum Gasteiger partial charge on any atom is 0.339 e. The molecule has 1 fully saturated rings. The second-order valence-corrected chi connectivity index (χ2v) is 4.25. The number of rotatable bonds is 2. The van der Waals surface area contributed by atoms with Crippen LogP contribution in [-0.2, 0) is 0 Å². The molecule has 1 saturated carbocycles. The van der Waals surface area contributed by atoms with Gasteiger partial charge in [-0.3, -0.25) is 0 Å². The number of hydrogen-bond donors (Lipinski definition) is 1. The van der Waals surface area contributed by atoms with E-state index >= 15 is 0 Å². The van der Waals surface area contributed by atoms with Gasteiger partial charge in [0.15, 0.2) is 5.65 Å². The van der Waals surface area contributed by atoms with Crippen LogP contribution < -0.4 is 0 Å². The minimum Gasteiger partial charge on any atom is -0.478 e. The number of carboxylic acids is 1. The topological polar surface area (TPSA) is 54.6 Å². The highest BCUT2D eigenvalue weighted by Crippen LogP contribution is 2.35. The van der Waals surface area contributed by atoms with Crippen LogP contribution >= 0.6 is 0 Å². The predicted molar refractivity (Wildman–Crippen MR) is 58.7 cm³/mol. The van der Waals surface area contributed by atoms with Crippen molar-refractivity contribution >= 4 is 11.6 Å². The molecular weight excluding hydrogens is 204 g/mol. The fourth-order valence-electron chi connectivity index (χ4n) is 2.10. The molecule has 0 aromatic carbocycles. The third-order valence-electron chi connectivity index (χ3n) is 3.26. The highest BCUT2D eigenvalue weighted by molar-refractivity contribution is 5.94. The lowest BCUT2D eigenvalue weighted by molar-refractivity contribution is 0.0698. The van der Waals surface area contributed by atoms with Gasteiger partial charge in [0.2, 0.25) is 0 Å². The van der Waals surface area contributed by atoms with Gasteiger partial charge in [0.1, 0.15) is 5.56 Å². The summed E-state index contributed by atoms with van der Waals surface area (Å²) in [6.07, 6.45) is 7.39. The van der Waals surface area contributed by atoms with Crippen molar-refractivity contribution in [3.8, 4) is 0 Å². The van der Waals surface area contributed by atoms with Crippen molar-refractivity contribution in [3.63, 3.8) is 0 Å². The van der Waals surface area contributed by atoms with Crippen molar-refractivity contribution in [2.45, 2.75) is 25.2 Å². The number of carbonyl (C=O) groups is 1. The lowest BCUT2D eigenvalue weighted by atomic mass is 9.83. The largest absolute Gasteiger partial charge is 0.478 e. The zero-order chi connectivity index (χ0) is 11.1. The lowest BCUT2D eigenvalue weighted by Gasteiger charge is -2.22. The van der Waals surface area contributed by atoms with Gasteiger partial charge in [0.25, 0.3) is 0 Å². The molecular formula is C12H12N2O2. The second-order valence-electron chi connectivity index (χ2n) is 4.25. The highest BCUT2D eigenvalue weighted by atomic mass is 16.4. The summed E-state index contributed by atoms with van der Waals surface area (Å²) in [6.45, 7) is 0. The Balaban J connectivity index is 2.15. The minimum absolute atomic E-state index is 0.271. The quantitative estimate of drug-likeness (QED) is 0.838. The molecule has 4 nitrogen and oxygen atoms in total. The fourth-order valence-corrected chi connectivity index (χ4v) is 2.10. The number of nitrogens with zero attached hydrogens (tertiary/aromatic N) is 2. The summed E-state index contributed by atoms with van der Waals surface area (Å²) < 4.78 is 1.80. The van der Waals surface area contributed by atoms with E-state index in [0.717, 1.165) is 5.69 Å². The molecule has 0 bridgehead atoms. The van der Waals surface area contributed by atoms with Crippen LogP contribution in [0.5, 0.6) is 0 Å². The van der Waals surface area contributed by atoms with Gasteiger partial charge in [0, 0.05) is 18.3 Å². The van der Waals surface area contributed by atoms with Gasteiger partial charge in [-0.1, -0.05) is 6.42 Å². The molecule has 0 saturated heterocycles. The van der Waals surface area contributed by atoms with Gasteiger partial charge in [-0.15, -0.1) is 0 Å². The van der Waals surface area contributed by atoms with Gasteiger partial charge in [-0.25, -0.2) is 9.78 Å². The zero-order valence-corrected chi connectivity index (χ0v) is 8.76. The van der Waals surface area contributed by atoms with E-state index in [2.05, 4.69) is 4.98 Å². The Hall–Kier alpha value is -1.84. The Labute approximate surface area is 92.5 Å². The zero-order valence-electron chi connectivity index (χ0n) is 8.76. The first-order valence-corrected chi connectivity index (χ1v) is 5.46. The predicted octanol–water partition coefficient (Wildman–Crippen LogP) is 2.30. The normalized spacial score (nSPS) is 16.2. The Kier molecular flexibility index (Phi) is 1.96. The smallest absolute Gasteiger partial charge is 0.339 e. The molecule has 3 rings (SSSR count). The molecule has 0 unspecified atom stereocenters. The molecule has 0 spiro atoms. The number of fused-ring (bicyclic) bond motifs is 1. The van der Waals surface area contributed by atoms with Crippen LogP contribution in [0.15, 0.2) is 24.5 Å². The maximum absolute atomic E-state index is 11.0. The summed E-state index contributed by atoms with van der Waals surface area (Å²) in [5.41, 5.74) is 1.85. The van der Waals surface area contributed by atoms with E-state index in [0.29, 0.717) is 11.6 Å². The summed E-state index contributed by atoms with van der Waals surface area (Å²) in [7, 11) is 0. The summed E-state index contributed by atoms with van der Waals surface area (Å²) in [5, 5.41) is 9.05. The molecule has 2 aromatic rings. The van der Waals surface area contributed by atoms with E-state index < -0.39 is 5.97 Å². The molecule has 4 heteroatoms. The van der Waals surface area contributed by atoms with E-state index in [9.17, 15) is 4.79 Å². The van der Waals surface area contributed by atoms with Gasteiger partial charge < -0.3 is 9.51 Å². The third kappa shape index (κ3) is 1.30. The van der Waals surface area contributed by atoms with Gasteiger partial charge >= 0.3 is 5.97 Å². The Morgan fingerprint density at radius 2 is 2.31 bits per heavy atom. The average Bonchev–Trinajstić information content (AvgIpc) is 2.56. The molecule has 0 radical (unpaired) electrons. The van der Waals surface area contributed by atoms with Gasteiger partial charge in [-0.05, 0) is 25.0 Å². The van der Waals surface area contributed by atoms with E-state index in [1.54, 1.807) is 16.5 Å². The molecule has 16 heavy (non-hydrogen) atoms. The summed E-state index contributed by atoms with van der Waals surface area (Å²) >= 11 is 0. The van der Waals surface area contributed by atoms with Crippen LogP contribution in [0, 0.1) is 0 Å². The number of aromatic carboxylic acids is 1. The van der Waals surface area contributed by atoms with Crippen LogP contribution in [0.1, 0.15) is 41.2 Å². The van der Waals surface area contributed by atoms with E-state index in [1.165, 1.54) is 19.3 Å². The number of imidazole rings is 1. The molecule has 0 atom stereocenters. The monoisotopic (exact) mass is 216 g/mol. The van der Waals surface area contributed by atoms with Crippen LogP contribution in [0.4, 0.5) is 0 Å². The molecule has 0 aliphatic heterocycles. The summed E-state index contributed by atoms with van der Waals surface area (Å²) in [4.78, 5) is 15.5. The average molecular weight is 216 g/mol. The first-order valence-electron chi connectivity index (χ1n) is 5.46. The molecule has 2 aromatic heterocycles. The Bertz CT molecular complexity index is 555. The Morgan fingerprint density at radius 1 is 1.50 bits per heavy atom. The number of pyridine rings is 1. The molecule has 82 valence electrons. The van der Waals surface area contributed by atoms with Crippen molar-refractivity contribution in [1.29, 1.82) is 0 Å². The van der Waals surface area contributed by atoms with Gasteiger partial charge in [-0.2, -0.15) is 0 Å². The minimum atomic E-state index is -0.920. The molecule has 2 heterocycles. The van der Waals surface area contributed by atoms with Crippen LogP contribution in [-0.4, -0.2) is 20.5 Å². The summed E-state index contributed by atoms with van der Waals surface area (Å²) in [6, 6.07) is 3.33. The van der Waals surface area contributed by atoms with Crippen molar-refractivity contribution in [3.05, 3.63) is 35.8 Å². The Morgan fingerprint density at radius 3 is 2.94 bits per heavy atom.